The van der Waals surface area contributed by atoms with Crippen LogP contribution in [0.1, 0.15) is 25.5 Å². The van der Waals surface area contributed by atoms with Gasteiger partial charge in [0.2, 0.25) is 0 Å². The van der Waals surface area contributed by atoms with Crippen molar-refractivity contribution in [3.63, 3.8) is 0 Å². The number of aliphatic hydroxyl groups is 1. The molecule has 0 aliphatic rings. The molecule has 0 heterocycles. The van der Waals surface area contributed by atoms with Gasteiger partial charge in [-0.15, -0.1) is 0 Å². The Balaban J connectivity index is 3.10. The van der Waals surface area contributed by atoms with Crippen LogP contribution >= 0.6 is 11.6 Å². The average molecular weight is 229 g/mol. The lowest BCUT2D eigenvalue weighted by Crippen LogP contribution is -2.32. The van der Waals surface area contributed by atoms with Crippen molar-refractivity contribution in [2.75, 3.05) is 12.3 Å². The summed E-state index contributed by atoms with van der Waals surface area (Å²) in [6.07, 6.45) is 0. The summed E-state index contributed by atoms with van der Waals surface area (Å²) in [5, 5.41) is 9.83. The minimum Gasteiger partial charge on any atom is -0.398 e. The first-order chi connectivity index (χ1) is 6.88. The van der Waals surface area contributed by atoms with Crippen molar-refractivity contribution in [1.29, 1.82) is 0 Å². The van der Waals surface area contributed by atoms with Gasteiger partial charge in [0.05, 0.1) is 0 Å². The fourth-order valence-electron chi connectivity index (χ4n) is 1.33. The Morgan fingerprint density at radius 3 is 2.60 bits per heavy atom. The molecule has 1 rings (SSSR count). The monoisotopic (exact) mass is 228 g/mol. The Morgan fingerprint density at radius 2 is 2.07 bits per heavy atom. The Morgan fingerprint density at radius 1 is 1.47 bits per heavy atom. The van der Waals surface area contributed by atoms with Gasteiger partial charge < -0.3 is 16.6 Å². The van der Waals surface area contributed by atoms with Crippen LogP contribution in [-0.2, 0) is 0 Å². The predicted molar refractivity (Wildman–Crippen MR) is 63.7 cm³/mol. The van der Waals surface area contributed by atoms with Gasteiger partial charge in [-0.05, 0) is 23.8 Å². The summed E-state index contributed by atoms with van der Waals surface area (Å²) in [6.45, 7) is 3.77. The van der Waals surface area contributed by atoms with E-state index in [4.69, 9.17) is 23.1 Å². The third kappa shape index (κ3) is 2.62. The highest BCUT2D eigenvalue weighted by molar-refractivity contribution is 6.30. The molecular formula is C11H17ClN2O. The molecule has 0 unspecified atom stereocenters. The van der Waals surface area contributed by atoms with Gasteiger partial charge in [0, 0.05) is 28.8 Å². The van der Waals surface area contributed by atoms with E-state index < -0.39 is 5.41 Å². The number of aliphatic hydroxyl groups excluding tert-OH is 1. The summed E-state index contributed by atoms with van der Waals surface area (Å²) in [6, 6.07) is 4.87. The van der Waals surface area contributed by atoms with Gasteiger partial charge >= 0.3 is 0 Å². The van der Waals surface area contributed by atoms with Crippen LogP contribution in [0, 0.1) is 5.41 Å². The summed E-state index contributed by atoms with van der Waals surface area (Å²) in [7, 11) is 0. The molecule has 1 atom stereocenters. The third-order valence-electron chi connectivity index (χ3n) is 2.63. The van der Waals surface area contributed by atoms with E-state index in [9.17, 15) is 5.11 Å². The second-order valence-electron chi connectivity index (χ2n) is 4.40. The Hall–Kier alpha value is -0.770. The molecule has 0 saturated heterocycles. The van der Waals surface area contributed by atoms with Crippen LogP contribution in [0.5, 0.6) is 0 Å². The number of rotatable bonds is 3. The van der Waals surface area contributed by atoms with Crippen molar-refractivity contribution in [1.82, 2.24) is 0 Å². The van der Waals surface area contributed by atoms with Crippen LogP contribution in [0.2, 0.25) is 5.02 Å². The van der Waals surface area contributed by atoms with E-state index >= 15 is 0 Å². The molecule has 0 fully saturated rings. The van der Waals surface area contributed by atoms with E-state index in [-0.39, 0.29) is 12.6 Å². The molecule has 1 aromatic carbocycles. The number of benzene rings is 1. The van der Waals surface area contributed by atoms with Crippen molar-refractivity contribution in [2.24, 2.45) is 11.1 Å². The van der Waals surface area contributed by atoms with E-state index in [1.807, 2.05) is 13.8 Å². The van der Waals surface area contributed by atoms with E-state index in [1.165, 1.54) is 0 Å². The van der Waals surface area contributed by atoms with Gasteiger partial charge in [-0.25, -0.2) is 0 Å². The van der Waals surface area contributed by atoms with Gasteiger partial charge in [-0.1, -0.05) is 25.4 Å². The van der Waals surface area contributed by atoms with Gasteiger partial charge in [-0.2, -0.15) is 0 Å². The molecule has 0 aliphatic heterocycles. The number of hydrogen-bond donors (Lipinski definition) is 3. The van der Waals surface area contributed by atoms with Crippen LogP contribution in [0.15, 0.2) is 18.2 Å². The SMILES string of the molecule is CC(C)(CO)[C@H](N)c1cc(Cl)ccc1N. The van der Waals surface area contributed by atoms with Crippen molar-refractivity contribution < 1.29 is 5.11 Å². The molecule has 0 amide bonds. The van der Waals surface area contributed by atoms with Crippen LogP contribution in [0.4, 0.5) is 5.69 Å². The lowest BCUT2D eigenvalue weighted by atomic mass is 9.81. The highest BCUT2D eigenvalue weighted by Crippen LogP contribution is 2.34. The minimum atomic E-state index is -0.418. The molecule has 0 radical (unpaired) electrons. The van der Waals surface area contributed by atoms with Gasteiger partial charge in [0.1, 0.15) is 0 Å². The molecular weight excluding hydrogens is 212 g/mol. The van der Waals surface area contributed by atoms with E-state index in [0.717, 1.165) is 5.56 Å². The maximum absolute atomic E-state index is 9.23. The summed E-state index contributed by atoms with van der Waals surface area (Å²) in [4.78, 5) is 0. The zero-order chi connectivity index (χ0) is 11.6. The quantitative estimate of drug-likeness (QED) is 0.693. The van der Waals surface area contributed by atoms with Crippen molar-refractivity contribution in [3.8, 4) is 0 Å². The van der Waals surface area contributed by atoms with Crippen molar-refractivity contribution >= 4 is 17.3 Å². The largest absolute Gasteiger partial charge is 0.398 e. The molecule has 1 aromatic rings. The molecule has 5 N–H and O–H groups in total. The van der Waals surface area contributed by atoms with Gasteiger partial charge in [0.15, 0.2) is 0 Å². The molecule has 15 heavy (non-hydrogen) atoms. The number of hydrogen-bond acceptors (Lipinski definition) is 3. The molecule has 0 bridgehead atoms. The van der Waals surface area contributed by atoms with Crippen LogP contribution in [0.3, 0.4) is 0 Å². The number of nitrogens with two attached hydrogens (primary N) is 2. The Bertz CT molecular complexity index is 352. The molecule has 0 spiro atoms. The predicted octanol–water partition coefficient (Wildman–Crippen LogP) is 1.94. The van der Waals surface area contributed by atoms with Crippen LogP contribution < -0.4 is 11.5 Å². The lowest BCUT2D eigenvalue weighted by Gasteiger charge is -2.30. The number of nitrogen functional groups attached to an aromatic ring is 1. The van der Waals surface area contributed by atoms with E-state index in [1.54, 1.807) is 18.2 Å². The van der Waals surface area contributed by atoms with Crippen molar-refractivity contribution in [2.45, 2.75) is 19.9 Å². The minimum absolute atomic E-state index is 0.000119. The molecule has 4 heteroatoms. The topological polar surface area (TPSA) is 72.3 Å². The zero-order valence-corrected chi connectivity index (χ0v) is 9.75. The first-order valence-corrected chi connectivity index (χ1v) is 5.17. The second kappa shape index (κ2) is 4.39. The first-order valence-electron chi connectivity index (χ1n) is 4.80. The highest BCUT2D eigenvalue weighted by atomic mass is 35.5. The zero-order valence-electron chi connectivity index (χ0n) is 9.00. The molecule has 0 aliphatic carbocycles. The normalized spacial score (nSPS) is 13.9. The van der Waals surface area contributed by atoms with Crippen molar-refractivity contribution in [3.05, 3.63) is 28.8 Å². The molecule has 3 nitrogen and oxygen atoms in total. The second-order valence-corrected chi connectivity index (χ2v) is 4.83. The number of halogens is 1. The summed E-state index contributed by atoms with van der Waals surface area (Å²) < 4.78 is 0. The summed E-state index contributed by atoms with van der Waals surface area (Å²) in [5.41, 5.74) is 12.8. The fraction of sp³-hybridized carbons (Fsp3) is 0.455. The third-order valence-corrected chi connectivity index (χ3v) is 2.87. The lowest BCUT2D eigenvalue weighted by molar-refractivity contribution is 0.132. The van der Waals surface area contributed by atoms with Crippen LogP contribution in [0.25, 0.3) is 0 Å². The Labute approximate surface area is 95.0 Å². The molecule has 0 saturated carbocycles. The smallest absolute Gasteiger partial charge is 0.0500 e. The van der Waals surface area contributed by atoms with E-state index in [0.29, 0.717) is 10.7 Å². The van der Waals surface area contributed by atoms with Gasteiger partial charge in [-0.3, -0.25) is 0 Å². The fourth-order valence-corrected chi connectivity index (χ4v) is 1.51. The van der Waals surface area contributed by atoms with Gasteiger partial charge in [0.25, 0.3) is 0 Å². The van der Waals surface area contributed by atoms with Crippen LogP contribution in [-0.4, -0.2) is 11.7 Å². The maximum Gasteiger partial charge on any atom is 0.0500 e. The highest BCUT2D eigenvalue weighted by Gasteiger charge is 2.28. The molecule has 0 aromatic heterocycles. The van der Waals surface area contributed by atoms with E-state index in [2.05, 4.69) is 0 Å². The summed E-state index contributed by atoms with van der Waals surface area (Å²) >= 11 is 5.88. The summed E-state index contributed by atoms with van der Waals surface area (Å²) in [5.74, 6) is 0. The standard InChI is InChI=1S/C11H17ClN2O/c1-11(2,6-15)10(14)8-5-7(12)3-4-9(8)13/h3-5,10,15H,6,13-14H2,1-2H3/t10-/m1/s1. The average Bonchev–Trinajstić information content (AvgIpc) is 2.20. The first kappa shape index (κ1) is 12.3. The molecule has 84 valence electrons. The maximum atomic E-state index is 9.23. The number of anilines is 1. The Kier molecular flexibility index (Phi) is 3.60.